The van der Waals surface area contributed by atoms with Crippen LogP contribution in [0.25, 0.3) is 0 Å². The molecule has 3 nitrogen and oxygen atoms in total. The molecule has 0 radical (unpaired) electrons. The van der Waals surface area contributed by atoms with Crippen molar-refractivity contribution >= 4 is 17.7 Å². The summed E-state index contributed by atoms with van der Waals surface area (Å²) in [6.07, 6.45) is 4.77. The van der Waals surface area contributed by atoms with Crippen molar-refractivity contribution in [2.24, 2.45) is 5.92 Å². The van der Waals surface area contributed by atoms with Crippen molar-refractivity contribution in [2.45, 2.75) is 30.9 Å². The summed E-state index contributed by atoms with van der Waals surface area (Å²) >= 11 is 1.81. The number of hydrogen-bond acceptors (Lipinski definition) is 3. The number of carbonyl (C=O) groups excluding carboxylic acids is 1. The summed E-state index contributed by atoms with van der Waals surface area (Å²) in [6, 6.07) is 0. The first-order chi connectivity index (χ1) is 7.36. The van der Waals surface area contributed by atoms with Crippen LogP contribution in [-0.4, -0.2) is 36.5 Å². The van der Waals surface area contributed by atoms with Crippen LogP contribution in [0.3, 0.4) is 0 Å². The highest BCUT2D eigenvalue weighted by Gasteiger charge is 2.23. The molecule has 2 N–H and O–H groups in total. The molecule has 0 aliphatic carbocycles. The van der Waals surface area contributed by atoms with Gasteiger partial charge in [0.05, 0.1) is 5.25 Å². The van der Waals surface area contributed by atoms with Crippen LogP contribution in [0.2, 0.25) is 0 Å². The Morgan fingerprint density at radius 2 is 2.33 bits per heavy atom. The predicted molar refractivity (Wildman–Crippen MR) is 64.1 cm³/mol. The van der Waals surface area contributed by atoms with Gasteiger partial charge in [-0.05, 0) is 50.4 Å². The molecule has 2 fully saturated rings. The summed E-state index contributed by atoms with van der Waals surface area (Å²) in [7, 11) is 0. The molecule has 15 heavy (non-hydrogen) atoms. The summed E-state index contributed by atoms with van der Waals surface area (Å²) in [5.74, 6) is 2.07. The molecule has 4 heteroatoms. The normalized spacial score (nSPS) is 31.5. The van der Waals surface area contributed by atoms with Crippen LogP contribution in [0.1, 0.15) is 25.7 Å². The van der Waals surface area contributed by atoms with Crippen LogP contribution in [0.4, 0.5) is 0 Å². The minimum absolute atomic E-state index is 0.238. The van der Waals surface area contributed by atoms with Crippen molar-refractivity contribution in [1.29, 1.82) is 0 Å². The number of hydrogen-bond donors (Lipinski definition) is 2. The molecule has 0 spiro atoms. The summed E-state index contributed by atoms with van der Waals surface area (Å²) in [4.78, 5) is 11.7. The molecule has 86 valence electrons. The number of thioether (sulfide) groups is 1. The van der Waals surface area contributed by atoms with Gasteiger partial charge in [-0.15, -0.1) is 11.8 Å². The van der Waals surface area contributed by atoms with E-state index >= 15 is 0 Å². The molecular weight excluding hydrogens is 208 g/mol. The maximum atomic E-state index is 11.7. The molecule has 2 aliphatic heterocycles. The molecule has 2 aliphatic rings. The lowest BCUT2D eigenvalue weighted by Crippen LogP contribution is -2.40. The van der Waals surface area contributed by atoms with Crippen LogP contribution in [0.15, 0.2) is 0 Å². The largest absolute Gasteiger partial charge is 0.355 e. The summed E-state index contributed by atoms with van der Waals surface area (Å²) in [5.41, 5.74) is 0. The SMILES string of the molecule is O=C(NCC1CCCNC1)C1CCCS1. The lowest BCUT2D eigenvalue weighted by molar-refractivity contribution is -0.120. The maximum Gasteiger partial charge on any atom is 0.233 e. The van der Waals surface area contributed by atoms with Gasteiger partial charge in [0.25, 0.3) is 0 Å². The second-order valence-corrected chi connectivity index (χ2v) is 5.77. The fraction of sp³-hybridized carbons (Fsp3) is 0.909. The van der Waals surface area contributed by atoms with E-state index in [-0.39, 0.29) is 11.2 Å². The van der Waals surface area contributed by atoms with E-state index < -0.39 is 0 Å². The number of nitrogens with one attached hydrogen (secondary N) is 2. The van der Waals surface area contributed by atoms with Gasteiger partial charge in [0.2, 0.25) is 5.91 Å². The molecule has 0 aromatic rings. The average Bonchev–Trinajstić information content (AvgIpc) is 2.81. The zero-order valence-corrected chi connectivity index (χ0v) is 9.94. The molecule has 0 aromatic heterocycles. The van der Waals surface area contributed by atoms with E-state index in [2.05, 4.69) is 10.6 Å². The Bertz CT molecular complexity index is 211. The molecule has 0 bridgehead atoms. The number of amides is 1. The van der Waals surface area contributed by atoms with Crippen molar-refractivity contribution < 1.29 is 4.79 Å². The lowest BCUT2D eigenvalue weighted by Gasteiger charge is -2.23. The highest BCUT2D eigenvalue weighted by Crippen LogP contribution is 2.26. The van der Waals surface area contributed by atoms with E-state index in [1.54, 1.807) is 0 Å². The third-order valence-electron chi connectivity index (χ3n) is 3.19. The van der Waals surface area contributed by atoms with E-state index in [4.69, 9.17) is 0 Å². The zero-order valence-electron chi connectivity index (χ0n) is 9.13. The van der Waals surface area contributed by atoms with Crippen LogP contribution in [0.5, 0.6) is 0 Å². The van der Waals surface area contributed by atoms with E-state index in [9.17, 15) is 4.79 Å². The second kappa shape index (κ2) is 5.75. The Morgan fingerprint density at radius 3 is 3.00 bits per heavy atom. The summed E-state index contributed by atoms with van der Waals surface area (Å²) in [6.45, 7) is 3.07. The van der Waals surface area contributed by atoms with E-state index in [1.807, 2.05) is 11.8 Å². The quantitative estimate of drug-likeness (QED) is 0.757. The zero-order chi connectivity index (χ0) is 10.5. The van der Waals surface area contributed by atoms with Crippen LogP contribution in [0, 0.1) is 5.92 Å². The van der Waals surface area contributed by atoms with E-state index in [0.29, 0.717) is 5.92 Å². The third kappa shape index (κ3) is 3.38. The van der Waals surface area contributed by atoms with Gasteiger partial charge in [0.15, 0.2) is 0 Å². The minimum Gasteiger partial charge on any atom is -0.355 e. The second-order valence-electron chi connectivity index (χ2n) is 4.46. The molecule has 2 rings (SSSR count). The molecule has 2 atom stereocenters. The Morgan fingerprint density at radius 1 is 1.40 bits per heavy atom. The van der Waals surface area contributed by atoms with Gasteiger partial charge in [0, 0.05) is 6.54 Å². The first-order valence-corrected chi connectivity index (χ1v) is 7.01. The van der Waals surface area contributed by atoms with Gasteiger partial charge in [-0.1, -0.05) is 0 Å². The molecular formula is C11H20N2OS. The first-order valence-electron chi connectivity index (χ1n) is 5.96. The van der Waals surface area contributed by atoms with Gasteiger partial charge in [-0.25, -0.2) is 0 Å². The summed E-state index contributed by atoms with van der Waals surface area (Å²) < 4.78 is 0. The molecule has 2 heterocycles. The lowest BCUT2D eigenvalue weighted by atomic mass is 10.00. The Hall–Kier alpha value is -0.220. The van der Waals surface area contributed by atoms with Crippen molar-refractivity contribution in [3.8, 4) is 0 Å². The smallest absolute Gasteiger partial charge is 0.233 e. The monoisotopic (exact) mass is 228 g/mol. The van der Waals surface area contributed by atoms with Gasteiger partial charge in [0.1, 0.15) is 0 Å². The first kappa shape index (κ1) is 11.3. The molecule has 2 unspecified atom stereocenters. The topological polar surface area (TPSA) is 41.1 Å². The molecule has 1 amide bonds. The number of carbonyl (C=O) groups is 1. The maximum absolute atomic E-state index is 11.7. The van der Waals surface area contributed by atoms with Crippen LogP contribution >= 0.6 is 11.8 Å². The van der Waals surface area contributed by atoms with Crippen molar-refractivity contribution in [2.75, 3.05) is 25.4 Å². The van der Waals surface area contributed by atoms with Gasteiger partial charge < -0.3 is 10.6 Å². The highest BCUT2D eigenvalue weighted by atomic mass is 32.2. The van der Waals surface area contributed by atoms with Crippen LogP contribution in [-0.2, 0) is 4.79 Å². The Kier molecular flexibility index (Phi) is 4.32. The fourth-order valence-corrected chi connectivity index (χ4v) is 3.43. The number of piperidine rings is 1. The average molecular weight is 228 g/mol. The van der Waals surface area contributed by atoms with Gasteiger partial charge in [-0.3, -0.25) is 4.79 Å². The van der Waals surface area contributed by atoms with E-state index in [1.165, 1.54) is 19.3 Å². The predicted octanol–water partition coefficient (Wildman–Crippen LogP) is 0.998. The standard InChI is InChI=1S/C11H20N2OS/c14-11(10-4-2-6-15-10)13-8-9-3-1-5-12-7-9/h9-10,12H,1-8H2,(H,13,14). The molecule has 0 saturated carbocycles. The fourth-order valence-electron chi connectivity index (χ4n) is 2.24. The Labute approximate surface area is 95.8 Å². The minimum atomic E-state index is 0.238. The van der Waals surface area contributed by atoms with Crippen molar-refractivity contribution in [1.82, 2.24) is 10.6 Å². The van der Waals surface area contributed by atoms with E-state index in [0.717, 1.165) is 31.8 Å². The third-order valence-corrected chi connectivity index (χ3v) is 4.56. The Balaban J connectivity index is 1.65. The van der Waals surface area contributed by atoms with Gasteiger partial charge in [-0.2, -0.15) is 0 Å². The van der Waals surface area contributed by atoms with Gasteiger partial charge >= 0.3 is 0 Å². The van der Waals surface area contributed by atoms with Crippen molar-refractivity contribution in [3.63, 3.8) is 0 Å². The number of rotatable bonds is 3. The van der Waals surface area contributed by atoms with Crippen LogP contribution < -0.4 is 10.6 Å². The van der Waals surface area contributed by atoms with Crippen molar-refractivity contribution in [3.05, 3.63) is 0 Å². The highest BCUT2D eigenvalue weighted by molar-refractivity contribution is 8.00. The summed E-state index contributed by atoms with van der Waals surface area (Å²) in [5, 5.41) is 6.70. The molecule has 0 aromatic carbocycles. The molecule has 2 saturated heterocycles.